The molecule has 0 saturated carbocycles. The first-order valence-electron chi connectivity index (χ1n) is 7.21. The minimum absolute atomic E-state index is 0. The first-order chi connectivity index (χ1) is 10.6. The lowest BCUT2D eigenvalue weighted by Gasteiger charge is -2.21. The molecule has 0 aliphatic heterocycles. The number of quaternary nitrogens is 2. The molecule has 0 bridgehead atoms. The Labute approximate surface area is 155 Å². The Kier molecular flexibility index (Phi) is 19.4. The molecule has 10 nitrogen and oxygen atoms in total. The third kappa shape index (κ3) is 28.1. The van der Waals surface area contributed by atoms with Gasteiger partial charge in [-0.05, 0) is 0 Å². The standard InChI is InChI=1S/2C5H14NO.C4H6O6.ClH/c2*1-6(2,3)4-5-7;5-1(3(7)8)2(6)4(9)10;/h2*7H,4-5H2,1-3H3;1-2,5-6H,(H,7,8)(H,9,10);1H/q2*+1;;/p-2. The van der Waals surface area contributed by atoms with Gasteiger partial charge in [0.25, 0.3) is 0 Å². The summed E-state index contributed by atoms with van der Waals surface area (Å²) in [7, 11) is 12.3. The molecule has 11 heteroatoms. The zero-order valence-corrected chi connectivity index (χ0v) is 16.5. The fourth-order valence-electron chi connectivity index (χ4n) is 0.864. The van der Waals surface area contributed by atoms with Gasteiger partial charge >= 0.3 is 5.97 Å². The highest BCUT2D eigenvalue weighted by molar-refractivity contribution is 5.81. The molecule has 25 heavy (non-hydrogen) atoms. The van der Waals surface area contributed by atoms with Gasteiger partial charge in [0.15, 0.2) is 6.10 Å². The number of hydrogen-bond acceptors (Lipinski definition) is 7. The molecule has 154 valence electrons. The first kappa shape index (κ1) is 31.7. The van der Waals surface area contributed by atoms with Crippen LogP contribution in [0.2, 0.25) is 0 Å². The van der Waals surface area contributed by atoms with E-state index in [2.05, 4.69) is 42.3 Å². The Morgan fingerprint density at radius 1 is 0.840 bits per heavy atom. The van der Waals surface area contributed by atoms with Gasteiger partial charge in [-0.15, -0.1) is 0 Å². The van der Waals surface area contributed by atoms with E-state index in [4.69, 9.17) is 25.5 Å². The molecule has 0 aromatic rings. The third-order valence-electron chi connectivity index (χ3n) is 2.34. The van der Waals surface area contributed by atoms with Gasteiger partial charge in [0, 0.05) is 0 Å². The van der Waals surface area contributed by atoms with Gasteiger partial charge in [-0.2, -0.15) is 0 Å². The van der Waals surface area contributed by atoms with Crippen molar-refractivity contribution < 1.29 is 61.6 Å². The number of carbonyl (C=O) groups is 2. The van der Waals surface area contributed by atoms with Gasteiger partial charge < -0.3 is 56.8 Å². The van der Waals surface area contributed by atoms with Crippen LogP contribution in [-0.4, -0.2) is 127 Å². The second kappa shape index (κ2) is 15.3. The second-order valence-electron chi connectivity index (χ2n) is 7.02. The minimum atomic E-state index is -2.38. The van der Waals surface area contributed by atoms with Crippen LogP contribution < -0.4 is 17.5 Å². The molecule has 0 saturated heterocycles. The molecule has 2 atom stereocenters. The number of rotatable bonds is 7. The molecule has 0 spiro atoms. The average molecular weight is 393 g/mol. The van der Waals surface area contributed by atoms with Gasteiger partial charge in [-0.1, -0.05) is 0 Å². The molecule has 0 aromatic carbocycles. The van der Waals surface area contributed by atoms with Gasteiger partial charge in [0.2, 0.25) is 0 Å². The lowest BCUT2D eigenvalue weighted by molar-refractivity contribution is -0.870. The number of aliphatic carboxylic acids is 2. The lowest BCUT2D eigenvalue weighted by atomic mass is 10.2. The van der Waals surface area contributed by atoms with Gasteiger partial charge in [-0.25, -0.2) is 4.79 Å². The zero-order valence-electron chi connectivity index (χ0n) is 15.7. The number of halogens is 1. The number of likely N-dealkylation sites (N-methyl/N-ethyl adjacent to an activating group) is 2. The van der Waals surface area contributed by atoms with Crippen LogP contribution in [0, 0.1) is 0 Å². The second-order valence-corrected chi connectivity index (χ2v) is 7.02. The predicted octanol–water partition coefficient (Wildman–Crippen LogP) is -7.08. The number of carbonyl (C=O) groups excluding carboxylic acids is 1. The van der Waals surface area contributed by atoms with E-state index in [-0.39, 0.29) is 25.6 Å². The van der Waals surface area contributed by atoms with E-state index < -0.39 is 24.1 Å². The summed E-state index contributed by atoms with van der Waals surface area (Å²) in [6.07, 6.45) is -4.71. The smallest absolute Gasteiger partial charge is 0.335 e. The van der Waals surface area contributed by atoms with E-state index in [0.29, 0.717) is 0 Å². The Hall–Kier alpha value is -1.01. The Balaban J connectivity index is -0.000000133. The number of hydrogen-bond donors (Lipinski definition) is 5. The number of nitrogens with zero attached hydrogens (tertiary/aromatic N) is 2. The zero-order chi connectivity index (χ0) is 20.1. The quantitative estimate of drug-likeness (QED) is 0.267. The van der Waals surface area contributed by atoms with Crippen LogP contribution in [0.25, 0.3) is 0 Å². The van der Waals surface area contributed by atoms with Crippen molar-refractivity contribution in [3.63, 3.8) is 0 Å². The van der Waals surface area contributed by atoms with E-state index >= 15 is 0 Å². The largest absolute Gasteiger partial charge is 1.00 e. The van der Waals surface area contributed by atoms with Crippen molar-refractivity contribution in [3.8, 4) is 0 Å². The lowest BCUT2D eigenvalue weighted by Crippen LogP contribution is -3.00. The summed E-state index contributed by atoms with van der Waals surface area (Å²) in [5.41, 5.74) is 0. The molecule has 0 fully saturated rings. The van der Waals surface area contributed by atoms with Crippen molar-refractivity contribution in [3.05, 3.63) is 0 Å². The number of aliphatic hydroxyl groups is 4. The van der Waals surface area contributed by atoms with Crippen molar-refractivity contribution in [2.45, 2.75) is 12.2 Å². The molecule has 0 amide bonds. The van der Waals surface area contributed by atoms with Crippen molar-refractivity contribution in [2.75, 3.05) is 68.6 Å². The molecule has 2 unspecified atom stereocenters. The van der Waals surface area contributed by atoms with Crippen LogP contribution in [0.1, 0.15) is 0 Å². The third-order valence-corrected chi connectivity index (χ3v) is 2.34. The highest BCUT2D eigenvalue weighted by Gasteiger charge is 2.23. The first-order valence-corrected chi connectivity index (χ1v) is 7.21. The van der Waals surface area contributed by atoms with Crippen LogP contribution in [0.3, 0.4) is 0 Å². The fraction of sp³-hybridized carbons (Fsp3) is 0.857. The van der Waals surface area contributed by atoms with Crippen LogP contribution in [0.4, 0.5) is 0 Å². The maximum absolute atomic E-state index is 9.74. The van der Waals surface area contributed by atoms with Crippen LogP contribution in [-0.2, 0) is 9.59 Å². The van der Waals surface area contributed by atoms with E-state index in [1.165, 1.54) is 0 Å². The summed E-state index contributed by atoms with van der Waals surface area (Å²) in [6, 6.07) is 0. The predicted molar refractivity (Wildman–Crippen MR) is 84.6 cm³/mol. The Bertz CT molecular complexity index is 322. The van der Waals surface area contributed by atoms with E-state index in [1.807, 2.05) is 0 Å². The van der Waals surface area contributed by atoms with Crippen LogP contribution in [0.5, 0.6) is 0 Å². The number of carboxylic acid groups (broad SMARTS) is 2. The molecule has 0 rings (SSSR count). The Morgan fingerprint density at radius 3 is 1.16 bits per heavy atom. The maximum Gasteiger partial charge on any atom is 0.335 e. The topological polar surface area (TPSA) is 158 Å². The van der Waals surface area contributed by atoms with Crippen molar-refractivity contribution in [1.29, 1.82) is 0 Å². The average Bonchev–Trinajstić information content (AvgIpc) is 2.35. The SMILES string of the molecule is C[N+](C)(C)CCO.C[N+](C)(C)CCO.O=C([O-])C(O)C(O)C(=O)O.[Cl-]. The minimum Gasteiger partial charge on any atom is -1.00 e. The molecule has 0 aliphatic carbocycles. The van der Waals surface area contributed by atoms with E-state index in [1.54, 1.807) is 0 Å². The van der Waals surface area contributed by atoms with Gasteiger partial charge in [0.1, 0.15) is 19.2 Å². The summed E-state index contributed by atoms with van der Waals surface area (Å²) >= 11 is 0. The molecular weight excluding hydrogens is 360 g/mol. The monoisotopic (exact) mass is 392 g/mol. The molecule has 0 radical (unpaired) electrons. The summed E-state index contributed by atoms with van der Waals surface area (Å²) in [5.74, 6) is -3.83. The molecule has 5 N–H and O–H groups in total. The van der Waals surface area contributed by atoms with Crippen LogP contribution >= 0.6 is 0 Å². The highest BCUT2D eigenvalue weighted by Crippen LogP contribution is 1.91. The number of carboxylic acids is 2. The molecule has 0 aliphatic rings. The van der Waals surface area contributed by atoms with Crippen LogP contribution in [0.15, 0.2) is 0 Å². The molecule has 0 aromatic heterocycles. The highest BCUT2D eigenvalue weighted by atomic mass is 35.5. The molecular formula is C14H33ClN2O8. The summed E-state index contributed by atoms with van der Waals surface area (Å²) in [4.78, 5) is 19.4. The van der Waals surface area contributed by atoms with Gasteiger partial charge in [-0.3, -0.25) is 0 Å². The normalized spacial score (nSPS) is 13.0. The van der Waals surface area contributed by atoms with E-state index in [9.17, 15) is 14.7 Å². The molecule has 0 heterocycles. The number of aliphatic hydroxyl groups excluding tert-OH is 4. The summed E-state index contributed by atoms with van der Waals surface area (Å²) in [5, 5.41) is 50.9. The van der Waals surface area contributed by atoms with Crippen molar-refractivity contribution in [2.24, 2.45) is 0 Å². The Morgan fingerprint density at radius 2 is 1.12 bits per heavy atom. The van der Waals surface area contributed by atoms with E-state index in [0.717, 1.165) is 22.1 Å². The van der Waals surface area contributed by atoms with Crippen molar-refractivity contribution >= 4 is 11.9 Å². The van der Waals surface area contributed by atoms with Gasteiger partial charge in [0.05, 0.1) is 61.5 Å². The maximum atomic E-state index is 9.74. The summed E-state index contributed by atoms with van der Waals surface area (Å²) in [6.45, 7) is 2.23. The van der Waals surface area contributed by atoms with Crippen molar-refractivity contribution in [1.82, 2.24) is 0 Å². The fourth-order valence-corrected chi connectivity index (χ4v) is 0.864. The summed E-state index contributed by atoms with van der Waals surface area (Å²) < 4.78 is 1.69.